The summed E-state index contributed by atoms with van der Waals surface area (Å²) in [6.45, 7) is 2.66. The Bertz CT molecular complexity index is 615. The molecule has 0 radical (unpaired) electrons. The van der Waals surface area contributed by atoms with Crippen molar-refractivity contribution in [2.75, 3.05) is 17.2 Å². The smallest absolute Gasteiger partial charge is 0.370 e. The van der Waals surface area contributed by atoms with Crippen LogP contribution in [0.2, 0.25) is 0 Å². The minimum atomic E-state index is -4.58. The SMILES string of the molecule is CCNc1cc(NCc2ccc(Br)s2)nc(C(F)(F)F)n1. The largest absolute Gasteiger partial charge is 0.451 e. The molecule has 2 aromatic heterocycles. The zero-order chi connectivity index (χ0) is 15.5. The fraction of sp³-hybridized carbons (Fsp3) is 0.333. The van der Waals surface area contributed by atoms with Crippen LogP contribution in [-0.4, -0.2) is 16.5 Å². The van der Waals surface area contributed by atoms with Crippen LogP contribution in [0, 0.1) is 0 Å². The Labute approximate surface area is 131 Å². The molecule has 0 spiro atoms. The van der Waals surface area contributed by atoms with Crippen LogP contribution in [0.15, 0.2) is 22.0 Å². The molecule has 0 aliphatic heterocycles. The summed E-state index contributed by atoms with van der Waals surface area (Å²) in [5.74, 6) is -0.872. The van der Waals surface area contributed by atoms with Gasteiger partial charge in [-0.1, -0.05) is 0 Å². The lowest BCUT2D eigenvalue weighted by Gasteiger charge is -2.11. The first-order valence-corrected chi connectivity index (χ1v) is 7.67. The second-order valence-corrected chi connectivity index (χ2v) is 6.60. The first kappa shape index (κ1) is 16.0. The van der Waals surface area contributed by atoms with Crippen molar-refractivity contribution >= 4 is 38.9 Å². The van der Waals surface area contributed by atoms with E-state index in [-0.39, 0.29) is 11.6 Å². The van der Waals surface area contributed by atoms with Gasteiger partial charge in [0.05, 0.1) is 10.3 Å². The van der Waals surface area contributed by atoms with Gasteiger partial charge in [0.25, 0.3) is 0 Å². The first-order valence-electron chi connectivity index (χ1n) is 6.06. The maximum absolute atomic E-state index is 12.8. The third-order valence-electron chi connectivity index (χ3n) is 2.41. The maximum Gasteiger partial charge on any atom is 0.451 e. The average Bonchev–Trinajstić information content (AvgIpc) is 2.81. The van der Waals surface area contributed by atoms with E-state index >= 15 is 0 Å². The molecular weight excluding hydrogens is 369 g/mol. The summed E-state index contributed by atoms with van der Waals surface area (Å²) >= 11 is 4.84. The third kappa shape index (κ3) is 4.57. The molecule has 2 heterocycles. The molecule has 0 aliphatic rings. The molecule has 0 amide bonds. The van der Waals surface area contributed by atoms with Gasteiger partial charge in [-0.25, -0.2) is 9.97 Å². The van der Waals surface area contributed by atoms with E-state index in [9.17, 15) is 13.2 Å². The quantitative estimate of drug-likeness (QED) is 0.808. The minimum absolute atomic E-state index is 0.137. The molecule has 2 aromatic rings. The van der Waals surface area contributed by atoms with Gasteiger partial charge in [0.15, 0.2) is 0 Å². The Hall–Kier alpha value is -1.35. The lowest BCUT2D eigenvalue weighted by Crippen LogP contribution is -2.15. The standard InChI is InChI=1S/C12H12BrF3N4S/c1-2-17-9-5-10(20-11(19-9)12(14,15)16)18-6-7-3-4-8(13)21-7/h3-5H,2,6H2,1H3,(H2,17,18,19,20). The van der Waals surface area contributed by atoms with Crippen molar-refractivity contribution in [2.24, 2.45) is 0 Å². The van der Waals surface area contributed by atoms with Gasteiger partial charge in [-0.15, -0.1) is 11.3 Å². The summed E-state index contributed by atoms with van der Waals surface area (Å²) in [5.41, 5.74) is 0. The Morgan fingerprint density at radius 3 is 2.38 bits per heavy atom. The number of aromatic nitrogens is 2. The molecule has 0 aromatic carbocycles. The van der Waals surface area contributed by atoms with E-state index in [2.05, 4.69) is 36.5 Å². The van der Waals surface area contributed by atoms with Gasteiger partial charge < -0.3 is 10.6 Å². The Morgan fingerprint density at radius 1 is 1.19 bits per heavy atom. The van der Waals surface area contributed by atoms with Crippen molar-refractivity contribution in [2.45, 2.75) is 19.6 Å². The zero-order valence-electron chi connectivity index (χ0n) is 11.0. The molecule has 0 unspecified atom stereocenters. The molecular formula is C12H12BrF3N4S. The van der Waals surface area contributed by atoms with Crippen LogP contribution in [0.5, 0.6) is 0 Å². The molecule has 4 nitrogen and oxygen atoms in total. The summed E-state index contributed by atoms with van der Waals surface area (Å²) < 4.78 is 39.3. The van der Waals surface area contributed by atoms with Gasteiger partial charge in [-0.2, -0.15) is 13.2 Å². The van der Waals surface area contributed by atoms with Gasteiger partial charge in [-0.3, -0.25) is 0 Å². The minimum Gasteiger partial charge on any atom is -0.370 e. The molecule has 2 rings (SSSR count). The number of nitrogens with zero attached hydrogens (tertiary/aromatic N) is 2. The Morgan fingerprint density at radius 2 is 1.86 bits per heavy atom. The third-order valence-corrected chi connectivity index (χ3v) is 4.03. The molecule has 9 heteroatoms. The topological polar surface area (TPSA) is 49.8 Å². The monoisotopic (exact) mass is 380 g/mol. The van der Waals surface area contributed by atoms with Gasteiger partial charge >= 0.3 is 6.18 Å². The summed E-state index contributed by atoms with van der Waals surface area (Å²) in [7, 11) is 0. The van der Waals surface area contributed by atoms with E-state index in [1.165, 1.54) is 17.4 Å². The molecule has 0 saturated heterocycles. The van der Waals surface area contributed by atoms with Crippen molar-refractivity contribution in [1.82, 2.24) is 9.97 Å². The van der Waals surface area contributed by atoms with Crippen LogP contribution in [-0.2, 0) is 12.7 Å². The number of hydrogen-bond acceptors (Lipinski definition) is 5. The van der Waals surface area contributed by atoms with Gasteiger partial charge in [0.2, 0.25) is 5.82 Å². The second kappa shape index (κ2) is 6.61. The predicted octanol–water partition coefficient (Wildman–Crippen LogP) is 4.36. The van der Waals surface area contributed by atoms with Crippen molar-refractivity contribution in [1.29, 1.82) is 0 Å². The maximum atomic E-state index is 12.8. The summed E-state index contributed by atoms with van der Waals surface area (Å²) in [6.07, 6.45) is -4.58. The van der Waals surface area contributed by atoms with Gasteiger partial charge in [0, 0.05) is 17.5 Å². The number of anilines is 2. The highest BCUT2D eigenvalue weighted by molar-refractivity contribution is 9.11. The van der Waals surface area contributed by atoms with Crippen molar-refractivity contribution in [3.63, 3.8) is 0 Å². The summed E-state index contributed by atoms with van der Waals surface area (Å²) in [6, 6.07) is 5.23. The molecule has 2 N–H and O–H groups in total. The highest BCUT2D eigenvalue weighted by Gasteiger charge is 2.35. The molecule has 0 fully saturated rings. The number of nitrogens with one attached hydrogen (secondary N) is 2. The van der Waals surface area contributed by atoms with E-state index in [4.69, 9.17) is 0 Å². The number of thiophene rings is 1. The zero-order valence-corrected chi connectivity index (χ0v) is 13.4. The molecule has 0 aliphatic carbocycles. The highest BCUT2D eigenvalue weighted by atomic mass is 79.9. The second-order valence-electron chi connectivity index (χ2n) is 4.05. The van der Waals surface area contributed by atoms with Gasteiger partial charge in [0.1, 0.15) is 11.6 Å². The lowest BCUT2D eigenvalue weighted by atomic mass is 10.4. The van der Waals surface area contributed by atoms with Crippen LogP contribution in [0.25, 0.3) is 0 Å². The Kier molecular flexibility index (Phi) is 5.04. The number of rotatable bonds is 5. The fourth-order valence-corrected chi connectivity index (χ4v) is 2.98. The lowest BCUT2D eigenvalue weighted by molar-refractivity contribution is -0.144. The van der Waals surface area contributed by atoms with Crippen LogP contribution in [0.4, 0.5) is 24.8 Å². The Balaban J connectivity index is 2.19. The van der Waals surface area contributed by atoms with E-state index < -0.39 is 12.0 Å². The number of alkyl halides is 3. The van der Waals surface area contributed by atoms with E-state index in [1.54, 1.807) is 6.92 Å². The van der Waals surface area contributed by atoms with Crippen molar-refractivity contribution < 1.29 is 13.2 Å². The van der Waals surface area contributed by atoms with E-state index in [0.717, 1.165) is 8.66 Å². The molecule has 0 atom stereocenters. The van der Waals surface area contributed by atoms with Crippen molar-refractivity contribution in [3.8, 4) is 0 Å². The summed E-state index contributed by atoms with van der Waals surface area (Å²) in [4.78, 5) is 7.96. The molecule has 0 bridgehead atoms. The average molecular weight is 381 g/mol. The summed E-state index contributed by atoms with van der Waals surface area (Å²) in [5, 5.41) is 5.65. The van der Waals surface area contributed by atoms with Crippen LogP contribution in [0.1, 0.15) is 17.6 Å². The van der Waals surface area contributed by atoms with Gasteiger partial charge in [-0.05, 0) is 35.0 Å². The first-order chi connectivity index (χ1) is 9.88. The number of hydrogen-bond donors (Lipinski definition) is 2. The van der Waals surface area contributed by atoms with E-state index in [0.29, 0.717) is 13.1 Å². The normalized spacial score (nSPS) is 11.5. The molecule has 114 valence electrons. The van der Waals surface area contributed by atoms with Crippen LogP contribution >= 0.6 is 27.3 Å². The van der Waals surface area contributed by atoms with Crippen molar-refractivity contribution in [3.05, 3.63) is 32.7 Å². The fourth-order valence-electron chi connectivity index (χ4n) is 1.56. The molecule has 21 heavy (non-hydrogen) atoms. The van der Waals surface area contributed by atoms with Crippen LogP contribution in [0.3, 0.4) is 0 Å². The van der Waals surface area contributed by atoms with Crippen LogP contribution < -0.4 is 10.6 Å². The number of halogens is 4. The predicted molar refractivity (Wildman–Crippen MR) is 80.5 cm³/mol. The highest BCUT2D eigenvalue weighted by Crippen LogP contribution is 2.29. The van der Waals surface area contributed by atoms with E-state index in [1.807, 2.05) is 12.1 Å². The molecule has 0 saturated carbocycles.